The number of ether oxygens (including phenoxy) is 1. The van der Waals surface area contributed by atoms with Crippen molar-refractivity contribution in [1.82, 2.24) is 15.2 Å². The summed E-state index contributed by atoms with van der Waals surface area (Å²) in [6.07, 6.45) is 3.21. The lowest BCUT2D eigenvalue weighted by Gasteiger charge is -2.31. The largest absolute Gasteiger partial charge is 0.450 e. The van der Waals surface area contributed by atoms with Crippen molar-refractivity contribution >= 4 is 35.5 Å². The number of nitrogens with zero attached hydrogens (tertiary/aromatic N) is 2. The smallest absolute Gasteiger partial charge is 0.409 e. The number of carbonyl (C=O) groups is 3. The third-order valence-electron chi connectivity index (χ3n) is 5.13. The Morgan fingerprint density at radius 2 is 1.85 bits per heavy atom. The summed E-state index contributed by atoms with van der Waals surface area (Å²) in [5.74, 6) is -0.165. The lowest BCUT2D eigenvalue weighted by Crippen LogP contribution is -2.46. The van der Waals surface area contributed by atoms with Crippen LogP contribution in [0, 0.1) is 0 Å². The number of carbonyl (C=O) groups excluding carboxylic acids is 3. The van der Waals surface area contributed by atoms with Crippen LogP contribution < -0.4 is 10.6 Å². The fourth-order valence-electron chi connectivity index (χ4n) is 3.43. The lowest BCUT2D eigenvalue weighted by atomic mass is 10.1. The molecule has 2 heterocycles. The maximum atomic E-state index is 12.6. The molecule has 1 aromatic carbocycles. The molecule has 182 valence electrons. The second-order valence-electron chi connectivity index (χ2n) is 7.41. The lowest BCUT2D eigenvalue weighted by molar-refractivity contribution is -0.115. The number of piperidine rings is 1. The molecular weight excluding hydrogens is 444 g/mol. The number of pyridine rings is 1. The number of benzene rings is 1. The summed E-state index contributed by atoms with van der Waals surface area (Å²) in [6, 6.07) is 12.7. The summed E-state index contributed by atoms with van der Waals surface area (Å²) in [5, 5.41) is 5.72. The number of hydrogen-bond acceptors (Lipinski definition) is 6. The molecule has 0 radical (unpaired) electrons. The van der Waals surface area contributed by atoms with Crippen LogP contribution in [0.25, 0.3) is 0 Å². The Morgan fingerprint density at radius 3 is 2.48 bits per heavy atom. The van der Waals surface area contributed by atoms with Gasteiger partial charge in [0.1, 0.15) is 11.5 Å². The normalized spacial score (nSPS) is 13.6. The molecule has 0 atom stereocenters. The molecule has 0 aliphatic carbocycles. The maximum absolute atomic E-state index is 12.6. The molecule has 0 unspecified atom stereocenters. The number of amides is 3. The highest BCUT2D eigenvalue weighted by Crippen LogP contribution is 2.16. The molecule has 10 heteroatoms. The van der Waals surface area contributed by atoms with E-state index >= 15 is 0 Å². The van der Waals surface area contributed by atoms with E-state index in [1.807, 2.05) is 30.5 Å². The summed E-state index contributed by atoms with van der Waals surface area (Å²) >= 11 is 1.65. The van der Waals surface area contributed by atoms with E-state index in [0.717, 1.165) is 10.5 Å². The van der Waals surface area contributed by atoms with Gasteiger partial charge in [0.25, 0.3) is 5.91 Å². The molecular formula is C23H34N4O5S. The van der Waals surface area contributed by atoms with Crippen LogP contribution in [0.4, 0.5) is 10.6 Å². The van der Waals surface area contributed by atoms with Crippen LogP contribution in [0.1, 0.15) is 38.7 Å². The van der Waals surface area contributed by atoms with Gasteiger partial charge in [0.15, 0.2) is 0 Å². The Balaban J connectivity index is 0.00000385. The number of hydrogen-bond donors (Lipinski definition) is 2. The van der Waals surface area contributed by atoms with Crippen LogP contribution in [-0.2, 0) is 16.0 Å². The zero-order chi connectivity index (χ0) is 22.9. The first-order valence-electron chi connectivity index (χ1n) is 10.6. The van der Waals surface area contributed by atoms with Crippen molar-refractivity contribution in [3.05, 3.63) is 53.7 Å². The summed E-state index contributed by atoms with van der Waals surface area (Å²) in [7, 11) is 0. The summed E-state index contributed by atoms with van der Waals surface area (Å²) in [4.78, 5) is 43.9. The van der Waals surface area contributed by atoms with E-state index in [9.17, 15) is 14.4 Å². The Morgan fingerprint density at radius 1 is 1.15 bits per heavy atom. The standard InChI is InChI=1S/C23H28N4O4S.H2O.2H2/c1-3-31-23(30)27-13-11-17(12-14-27)24-22(29)19-5-4-6-20(25-19)26-21(28)15-16-7-9-18(32-2)10-8-16;;;/h4-10,17H,3,11-15H2,1-2H3,(H,24,29)(H,25,26,28);1H2;2*1H. The topological polar surface area (TPSA) is 132 Å². The molecule has 4 N–H and O–H groups in total. The highest BCUT2D eigenvalue weighted by molar-refractivity contribution is 7.98. The first-order chi connectivity index (χ1) is 15.5. The maximum Gasteiger partial charge on any atom is 0.409 e. The minimum absolute atomic E-state index is 0. The van der Waals surface area contributed by atoms with Crippen molar-refractivity contribution in [1.29, 1.82) is 0 Å². The fourth-order valence-corrected chi connectivity index (χ4v) is 3.84. The van der Waals surface area contributed by atoms with Gasteiger partial charge < -0.3 is 25.7 Å². The quantitative estimate of drug-likeness (QED) is 0.588. The highest BCUT2D eigenvalue weighted by atomic mass is 32.2. The van der Waals surface area contributed by atoms with Crippen molar-refractivity contribution in [3.63, 3.8) is 0 Å². The minimum Gasteiger partial charge on any atom is -0.450 e. The molecule has 1 aromatic heterocycles. The average Bonchev–Trinajstić information content (AvgIpc) is 2.80. The molecule has 3 amide bonds. The monoisotopic (exact) mass is 478 g/mol. The van der Waals surface area contributed by atoms with Crippen LogP contribution in [0.3, 0.4) is 0 Å². The molecule has 1 aliphatic rings. The Labute approximate surface area is 200 Å². The van der Waals surface area contributed by atoms with Crippen molar-refractivity contribution in [2.24, 2.45) is 0 Å². The van der Waals surface area contributed by atoms with Gasteiger partial charge in [-0.2, -0.15) is 0 Å². The Kier molecular flexibility index (Phi) is 10.1. The van der Waals surface area contributed by atoms with E-state index < -0.39 is 0 Å². The SMILES string of the molecule is CCOC(=O)N1CCC(NC(=O)c2cccc(NC(=O)Cc3ccc(SC)cc3)n2)CC1.O.[HH].[HH]. The number of likely N-dealkylation sites (tertiary alicyclic amines) is 1. The zero-order valence-corrected chi connectivity index (χ0v) is 19.6. The molecule has 2 aromatic rings. The van der Waals surface area contributed by atoms with E-state index in [0.29, 0.717) is 38.4 Å². The summed E-state index contributed by atoms with van der Waals surface area (Å²) in [5.41, 5.74) is 1.14. The van der Waals surface area contributed by atoms with Crippen LogP contribution in [0.5, 0.6) is 0 Å². The Hall–Kier alpha value is -3.11. The van der Waals surface area contributed by atoms with Crippen LogP contribution >= 0.6 is 11.8 Å². The second-order valence-corrected chi connectivity index (χ2v) is 8.29. The van der Waals surface area contributed by atoms with Crippen LogP contribution in [0.2, 0.25) is 0 Å². The number of anilines is 1. The van der Waals surface area contributed by atoms with Crippen molar-refractivity contribution in [3.8, 4) is 0 Å². The average molecular weight is 479 g/mol. The van der Waals surface area contributed by atoms with Gasteiger partial charge in [-0.1, -0.05) is 18.2 Å². The molecule has 1 fully saturated rings. The third-order valence-corrected chi connectivity index (χ3v) is 5.87. The number of aromatic nitrogens is 1. The van der Waals surface area contributed by atoms with Crippen LogP contribution in [0.15, 0.2) is 47.4 Å². The first kappa shape index (κ1) is 26.1. The van der Waals surface area contributed by atoms with Gasteiger partial charge in [-0.25, -0.2) is 9.78 Å². The molecule has 33 heavy (non-hydrogen) atoms. The molecule has 0 bridgehead atoms. The van der Waals surface area contributed by atoms with Crippen LogP contribution in [-0.4, -0.2) is 65.3 Å². The van der Waals surface area contributed by atoms with E-state index in [4.69, 9.17) is 4.74 Å². The van der Waals surface area contributed by atoms with E-state index in [-0.39, 0.29) is 44.4 Å². The molecule has 1 aliphatic heterocycles. The predicted octanol–water partition coefficient (Wildman–Crippen LogP) is 3.00. The summed E-state index contributed by atoms with van der Waals surface area (Å²) in [6.45, 7) is 3.19. The van der Waals surface area contributed by atoms with Crippen molar-refractivity contribution < 1.29 is 27.4 Å². The Bertz CT molecular complexity index is 957. The van der Waals surface area contributed by atoms with Gasteiger partial charge in [-0.05, 0) is 55.9 Å². The van der Waals surface area contributed by atoms with Gasteiger partial charge in [-0.3, -0.25) is 9.59 Å². The number of nitrogens with one attached hydrogen (secondary N) is 2. The molecule has 0 spiro atoms. The van der Waals surface area contributed by atoms with Gasteiger partial charge in [0, 0.05) is 26.9 Å². The predicted molar refractivity (Wildman–Crippen MR) is 132 cm³/mol. The van der Waals surface area contributed by atoms with Gasteiger partial charge in [0.2, 0.25) is 5.91 Å². The summed E-state index contributed by atoms with van der Waals surface area (Å²) < 4.78 is 5.01. The molecule has 1 saturated heterocycles. The second kappa shape index (κ2) is 12.8. The van der Waals surface area contributed by atoms with E-state index in [1.54, 1.807) is 41.8 Å². The molecule has 9 nitrogen and oxygen atoms in total. The van der Waals surface area contributed by atoms with Crippen molar-refractivity contribution in [2.45, 2.75) is 37.1 Å². The zero-order valence-electron chi connectivity index (χ0n) is 18.8. The molecule has 0 saturated carbocycles. The highest BCUT2D eigenvalue weighted by Gasteiger charge is 2.25. The first-order valence-corrected chi connectivity index (χ1v) is 11.8. The number of rotatable bonds is 7. The third kappa shape index (κ3) is 7.76. The molecule has 3 rings (SSSR count). The van der Waals surface area contributed by atoms with E-state index in [2.05, 4.69) is 15.6 Å². The van der Waals surface area contributed by atoms with Gasteiger partial charge in [0.05, 0.1) is 13.0 Å². The number of thioether (sulfide) groups is 1. The van der Waals surface area contributed by atoms with E-state index in [1.165, 1.54) is 0 Å². The van der Waals surface area contributed by atoms with Crippen molar-refractivity contribution in [2.75, 3.05) is 31.3 Å². The van der Waals surface area contributed by atoms with Gasteiger partial charge in [-0.15, -0.1) is 11.8 Å². The minimum atomic E-state index is -0.317. The fraction of sp³-hybridized carbons (Fsp3) is 0.391. The van der Waals surface area contributed by atoms with Gasteiger partial charge >= 0.3 is 6.09 Å².